The maximum atomic E-state index is 3.89. The fourth-order valence-electron chi connectivity index (χ4n) is 2.16. The van der Waals surface area contributed by atoms with Gasteiger partial charge in [-0.2, -0.15) is 0 Å². The second kappa shape index (κ2) is 9.92. The van der Waals surface area contributed by atoms with E-state index in [4.69, 9.17) is 0 Å². The minimum atomic E-state index is -0.807. The van der Waals surface area contributed by atoms with E-state index in [9.17, 15) is 0 Å². The minimum absolute atomic E-state index is 0.687. The third-order valence-electron chi connectivity index (χ3n) is 3.69. The largest absolute Gasteiger partial charge is 0.137 e. The van der Waals surface area contributed by atoms with Crippen molar-refractivity contribution in [3.8, 4) is 0 Å². The fourth-order valence-corrected chi connectivity index (χ4v) is 10.9. The van der Waals surface area contributed by atoms with Crippen LogP contribution in [0.1, 0.15) is 11.1 Å². The lowest BCUT2D eigenvalue weighted by molar-refractivity contribution is 0.671. The Morgan fingerprint density at radius 3 is 1.52 bits per heavy atom. The molecule has 2 rings (SSSR count). The van der Waals surface area contributed by atoms with E-state index in [0.29, 0.717) is 0 Å². The van der Waals surface area contributed by atoms with Crippen molar-refractivity contribution >= 4 is 175 Å². The normalized spacial score (nSPS) is 13.7. The fraction of sp³-hybridized carbons (Fsp3) is 0.250. The topological polar surface area (TPSA) is 0 Å². The molecule has 0 aliphatic carbocycles. The summed E-state index contributed by atoms with van der Waals surface area (Å²) >= 11 is 41.8. The summed E-state index contributed by atoms with van der Waals surface area (Å²) in [5.74, 6) is 0. The molecule has 2 aromatic rings. The predicted octanol–water partition coefficient (Wildman–Crippen LogP) is 11.5. The Morgan fingerprint density at radius 1 is 0.519 bits per heavy atom. The summed E-state index contributed by atoms with van der Waals surface area (Å²) in [6, 6.07) is 14.0. The second-order valence-corrected chi connectivity index (χ2v) is 21.6. The van der Waals surface area contributed by atoms with Gasteiger partial charge in [0.25, 0.3) is 0 Å². The highest BCUT2D eigenvalue weighted by molar-refractivity contribution is 9.34. The summed E-state index contributed by atoms with van der Waals surface area (Å²) in [5, 5.41) is 0. The molecule has 27 heavy (non-hydrogen) atoms. The molecule has 0 spiro atoms. The molecule has 0 aromatic heterocycles. The standard InChI is InChI=1S/C16H7Br11/c17-10-7-6-9(11(18)12(10)19)14(22,23)16(26,27)15(24,25)13(20,21)8-4-2-1-3-5-8/h1-7H. The molecule has 148 valence electrons. The maximum absolute atomic E-state index is 3.89. The Labute approximate surface area is 250 Å². The summed E-state index contributed by atoms with van der Waals surface area (Å²) in [7, 11) is 0. The molecule has 0 bridgehead atoms. The van der Waals surface area contributed by atoms with Crippen molar-refractivity contribution in [3.63, 3.8) is 0 Å². The van der Waals surface area contributed by atoms with E-state index in [0.717, 1.165) is 24.5 Å². The first-order valence-electron chi connectivity index (χ1n) is 6.90. The van der Waals surface area contributed by atoms with Gasteiger partial charge in [-0.3, -0.25) is 0 Å². The van der Waals surface area contributed by atoms with Crippen LogP contribution in [-0.2, 0) is 6.47 Å². The molecule has 0 amide bonds. The zero-order valence-electron chi connectivity index (χ0n) is 12.7. The van der Waals surface area contributed by atoms with Crippen LogP contribution in [0.15, 0.2) is 55.9 Å². The van der Waals surface area contributed by atoms with Crippen LogP contribution >= 0.6 is 175 Å². The minimum Gasteiger partial charge on any atom is -0.0672 e. The molecule has 0 saturated carbocycles. The van der Waals surface area contributed by atoms with Gasteiger partial charge in [0.1, 0.15) is 12.9 Å². The number of hydrogen-bond donors (Lipinski definition) is 0. The van der Waals surface area contributed by atoms with E-state index in [1.54, 1.807) is 0 Å². The van der Waals surface area contributed by atoms with Crippen LogP contribution in [0.2, 0.25) is 0 Å². The summed E-state index contributed by atoms with van der Waals surface area (Å²) in [6.45, 7) is 0. The van der Waals surface area contributed by atoms with E-state index < -0.39 is 12.9 Å². The quantitative estimate of drug-likeness (QED) is 0.207. The molecular formula is C16H7Br11. The predicted molar refractivity (Wildman–Crippen MR) is 156 cm³/mol. The molecular weight excluding hydrogens is 1070 g/mol. The van der Waals surface area contributed by atoms with Crippen LogP contribution in [0.3, 0.4) is 0 Å². The van der Waals surface area contributed by atoms with Crippen molar-refractivity contribution < 1.29 is 0 Å². The molecule has 0 atom stereocenters. The highest BCUT2D eigenvalue weighted by Gasteiger charge is 2.66. The van der Waals surface area contributed by atoms with Crippen LogP contribution in [0.4, 0.5) is 0 Å². The van der Waals surface area contributed by atoms with Gasteiger partial charge in [-0.1, -0.05) is 164 Å². The van der Waals surface area contributed by atoms with Gasteiger partial charge in [0.15, 0.2) is 0 Å². The first-order chi connectivity index (χ1) is 12.2. The van der Waals surface area contributed by atoms with Gasteiger partial charge in [-0.15, -0.1) is 0 Å². The Kier molecular flexibility index (Phi) is 9.90. The average molecular weight is 1080 g/mol. The van der Waals surface area contributed by atoms with Crippen molar-refractivity contribution in [2.75, 3.05) is 0 Å². The van der Waals surface area contributed by atoms with Crippen LogP contribution in [0.25, 0.3) is 0 Å². The second-order valence-electron chi connectivity index (χ2n) is 5.39. The highest BCUT2D eigenvalue weighted by Crippen LogP contribution is 2.72. The molecule has 0 saturated heterocycles. The van der Waals surface area contributed by atoms with Crippen molar-refractivity contribution in [3.05, 3.63) is 67.0 Å². The molecule has 2 aromatic carbocycles. The number of hydrogen-bond acceptors (Lipinski definition) is 0. The smallest absolute Gasteiger partial charge is 0.0672 e. The van der Waals surface area contributed by atoms with Crippen molar-refractivity contribution in [2.45, 2.75) is 12.9 Å². The summed E-state index contributed by atoms with van der Waals surface area (Å²) in [4.78, 5) is 0. The molecule has 11 heteroatoms. The van der Waals surface area contributed by atoms with Crippen molar-refractivity contribution in [2.24, 2.45) is 0 Å². The van der Waals surface area contributed by atoms with Crippen LogP contribution < -0.4 is 0 Å². The van der Waals surface area contributed by atoms with E-state index in [-0.39, 0.29) is 0 Å². The first kappa shape index (κ1) is 27.0. The number of alkyl halides is 8. The molecule has 0 fully saturated rings. The zero-order valence-corrected chi connectivity index (χ0v) is 30.1. The van der Waals surface area contributed by atoms with E-state index in [2.05, 4.69) is 175 Å². The van der Waals surface area contributed by atoms with Crippen LogP contribution in [0, 0.1) is 0 Å². The Hall–Kier alpha value is 3.72. The molecule has 0 aliphatic heterocycles. The lowest BCUT2D eigenvalue weighted by Gasteiger charge is -2.49. The number of rotatable bonds is 5. The summed E-state index contributed by atoms with van der Waals surface area (Å²) in [5.41, 5.74) is 1.98. The van der Waals surface area contributed by atoms with Gasteiger partial charge < -0.3 is 0 Å². The monoisotopic (exact) mass is 1070 g/mol. The van der Waals surface area contributed by atoms with Gasteiger partial charge >= 0.3 is 0 Å². The molecule has 0 nitrogen and oxygen atoms in total. The van der Waals surface area contributed by atoms with E-state index in [1.807, 2.05) is 42.5 Å². The third-order valence-corrected chi connectivity index (χ3v) is 22.4. The lowest BCUT2D eigenvalue weighted by atomic mass is 10.0. The molecule has 0 heterocycles. The number of benzene rings is 2. The zero-order chi connectivity index (χ0) is 20.8. The molecule has 0 N–H and O–H groups in total. The van der Waals surface area contributed by atoms with Gasteiger partial charge in [0.2, 0.25) is 0 Å². The molecule has 0 radical (unpaired) electrons. The number of halogens is 11. The third kappa shape index (κ3) is 4.98. The maximum Gasteiger partial charge on any atom is 0.137 e. The van der Waals surface area contributed by atoms with E-state index in [1.165, 1.54) is 0 Å². The van der Waals surface area contributed by atoms with Gasteiger partial charge in [-0.25, -0.2) is 0 Å². The Bertz CT molecular complexity index is 828. The summed E-state index contributed by atoms with van der Waals surface area (Å²) in [6.07, 6.45) is 0. The van der Waals surface area contributed by atoms with Crippen LogP contribution in [-0.4, -0.2) is 6.47 Å². The van der Waals surface area contributed by atoms with Gasteiger partial charge in [0, 0.05) is 13.4 Å². The van der Waals surface area contributed by atoms with E-state index >= 15 is 0 Å². The Morgan fingerprint density at radius 2 is 1.00 bits per heavy atom. The van der Waals surface area contributed by atoms with Crippen molar-refractivity contribution in [1.82, 2.24) is 0 Å². The SMILES string of the molecule is Brc1ccc(C(Br)(Br)C(Br)(Br)C(Br)(Br)C(Br)(Br)c2ccccc2)c(Br)c1Br. The average Bonchev–Trinajstić information content (AvgIpc) is 2.59. The lowest BCUT2D eigenvalue weighted by Crippen LogP contribution is -2.53. The highest BCUT2D eigenvalue weighted by atomic mass is 79.9. The Balaban J connectivity index is 2.63. The van der Waals surface area contributed by atoms with Crippen LogP contribution in [0.5, 0.6) is 0 Å². The van der Waals surface area contributed by atoms with Gasteiger partial charge in [-0.05, 0) is 65.0 Å². The van der Waals surface area contributed by atoms with Gasteiger partial charge in [0.05, 0.1) is 0 Å². The van der Waals surface area contributed by atoms with Crippen molar-refractivity contribution in [1.29, 1.82) is 0 Å². The summed E-state index contributed by atoms with van der Waals surface area (Å²) < 4.78 is -0.268. The molecule has 0 aliphatic rings. The first-order valence-corrected chi connectivity index (χ1v) is 15.6. The molecule has 0 unspecified atom stereocenters.